The minimum atomic E-state index is -0.0144. The molecule has 7 nitrogen and oxygen atoms in total. The van der Waals surface area contributed by atoms with Crippen molar-refractivity contribution in [3.05, 3.63) is 71.8 Å². The number of benzene rings is 1. The second kappa shape index (κ2) is 10.1. The number of aliphatic imine (C=N–C) groups is 1. The first kappa shape index (κ1) is 20.9. The lowest BCUT2D eigenvalue weighted by atomic mass is 10.0. The second-order valence-corrected chi connectivity index (χ2v) is 7.57. The maximum Gasteiger partial charge on any atom is 0.164 e. The molecular formula is C24H25N3O4. The van der Waals surface area contributed by atoms with Crippen LogP contribution in [0.4, 0.5) is 0 Å². The average Bonchev–Trinajstić information content (AvgIpc) is 2.79. The van der Waals surface area contributed by atoms with E-state index in [0.29, 0.717) is 50.2 Å². The van der Waals surface area contributed by atoms with Gasteiger partial charge in [-0.05, 0) is 12.1 Å². The van der Waals surface area contributed by atoms with Crippen molar-refractivity contribution < 1.29 is 19.1 Å². The zero-order valence-electron chi connectivity index (χ0n) is 17.3. The van der Waals surface area contributed by atoms with E-state index < -0.39 is 0 Å². The third-order valence-electron chi connectivity index (χ3n) is 5.15. The summed E-state index contributed by atoms with van der Waals surface area (Å²) in [5.74, 6) is 1.31. The number of ether oxygens (including phenoxy) is 2. The first-order chi connectivity index (χ1) is 15.2. The Balaban J connectivity index is 1.39. The first-order valence-electron chi connectivity index (χ1n) is 10.4. The topological polar surface area (TPSA) is 81.1 Å². The van der Waals surface area contributed by atoms with E-state index in [-0.39, 0.29) is 30.8 Å². The Morgan fingerprint density at radius 3 is 2.74 bits per heavy atom. The Morgan fingerprint density at radius 1 is 1.10 bits per heavy atom. The number of allylic oxidation sites excluding steroid dienone is 1. The van der Waals surface area contributed by atoms with E-state index in [1.54, 1.807) is 18.5 Å². The van der Waals surface area contributed by atoms with Gasteiger partial charge in [0.2, 0.25) is 0 Å². The van der Waals surface area contributed by atoms with Gasteiger partial charge in [0.25, 0.3) is 0 Å². The summed E-state index contributed by atoms with van der Waals surface area (Å²) in [6.07, 6.45) is 5.62. The molecule has 0 bridgehead atoms. The van der Waals surface area contributed by atoms with E-state index in [4.69, 9.17) is 9.47 Å². The van der Waals surface area contributed by atoms with Crippen LogP contribution >= 0.6 is 0 Å². The molecule has 2 aliphatic heterocycles. The quantitative estimate of drug-likeness (QED) is 0.655. The van der Waals surface area contributed by atoms with E-state index in [1.807, 2.05) is 41.3 Å². The first-order valence-corrected chi connectivity index (χ1v) is 10.4. The number of hydrogen-bond donors (Lipinski definition) is 0. The van der Waals surface area contributed by atoms with Gasteiger partial charge in [0.1, 0.15) is 24.0 Å². The van der Waals surface area contributed by atoms with Gasteiger partial charge in [-0.15, -0.1) is 0 Å². The van der Waals surface area contributed by atoms with Crippen molar-refractivity contribution in [1.82, 2.24) is 9.88 Å². The lowest BCUT2D eigenvalue weighted by Crippen LogP contribution is -2.36. The number of carbonyl (C=O) groups excluding carboxylic acids is 2. The van der Waals surface area contributed by atoms with Crippen LogP contribution in [0.25, 0.3) is 0 Å². The van der Waals surface area contributed by atoms with Crippen molar-refractivity contribution in [2.45, 2.75) is 25.9 Å². The van der Waals surface area contributed by atoms with Gasteiger partial charge in [0, 0.05) is 67.7 Å². The number of Topliss-reactive ketones (excluding diaryl/α,β-unsaturated/α-hetero) is 1. The van der Waals surface area contributed by atoms with Gasteiger partial charge >= 0.3 is 0 Å². The second-order valence-electron chi connectivity index (χ2n) is 7.57. The van der Waals surface area contributed by atoms with Gasteiger partial charge in [-0.1, -0.05) is 24.3 Å². The number of carbonyl (C=O) groups is 2. The molecular weight excluding hydrogens is 394 g/mol. The molecule has 0 saturated carbocycles. The van der Waals surface area contributed by atoms with Crippen LogP contribution in [0.5, 0.6) is 5.75 Å². The van der Waals surface area contributed by atoms with Crippen LogP contribution in [0.3, 0.4) is 0 Å². The Bertz CT molecular complexity index is 995. The Labute approximate surface area is 181 Å². The predicted octanol–water partition coefficient (Wildman–Crippen LogP) is 2.75. The Kier molecular flexibility index (Phi) is 6.84. The summed E-state index contributed by atoms with van der Waals surface area (Å²) in [4.78, 5) is 35.7. The Hall–Kier alpha value is -3.32. The molecule has 2 aliphatic rings. The van der Waals surface area contributed by atoms with Gasteiger partial charge in [-0.3, -0.25) is 14.6 Å². The van der Waals surface area contributed by atoms with Crippen molar-refractivity contribution in [3.8, 4) is 5.75 Å². The molecule has 0 radical (unpaired) electrons. The maximum atomic E-state index is 12.8. The lowest BCUT2D eigenvalue weighted by molar-refractivity contribution is -0.117. The van der Waals surface area contributed by atoms with Crippen molar-refractivity contribution in [1.29, 1.82) is 0 Å². The van der Waals surface area contributed by atoms with E-state index in [0.717, 1.165) is 11.1 Å². The van der Waals surface area contributed by atoms with Crippen molar-refractivity contribution in [2.75, 3.05) is 26.3 Å². The van der Waals surface area contributed by atoms with Gasteiger partial charge in [-0.2, -0.15) is 0 Å². The van der Waals surface area contributed by atoms with E-state index >= 15 is 0 Å². The molecule has 0 unspecified atom stereocenters. The summed E-state index contributed by atoms with van der Waals surface area (Å²) < 4.78 is 11.3. The molecule has 160 valence electrons. The van der Waals surface area contributed by atoms with Gasteiger partial charge in [-0.25, -0.2) is 4.99 Å². The fraction of sp³-hybridized carbons (Fsp3) is 0.333. The molecule has 4 rings (SSSR count). The van der Waals surface area contributed by atoms with E-state index in [9.17, 15) is 9.59 Å². The molecule has 3 heterocycles. The summed E-state index contributed by atoms with van der Waals surface area (Å²) in [5.41, 5.74) is 2.40. The summed E-state index contributed by atoms with van der Waals surface area (Å²) in [7, 11) is 0. The van der Waals surface area contributed by atoms with Gasteiger partial charge < -0.3 is 14.4 Å². The number of para-hydroxylation sites is 1. The number of aromatic nitrogens is 1. The highest BCUT2D eigenvalue weighted by molar-refractivity contribution is 6.14. The minimum Gasteiger partial charge on any atom is -0.489 e. The van der Waals surface area contributed by atoms with Crippen LogP contribution in [-0.2, 0) is 27.4 Å². The van der Waals surface area contributed by atoms with Gasteiger partial charge in [0.15, 0.2) is 5.78 Å². The van der Waals surface area contributed by atoms with Gasteiger partial charge in [0.05, 0.1) is 13.2 Å². The normalized spacial score (nSPS) is 16.5. The lowest BCUT2D eigenvalue weighted by Gasteiger charge is -2.30. The van der Waals surface area contributed by atoms with Crippen molar-refractivity contribution >= 4 is 17.3 Å². The van der Waals surface area contributed by atoms with Crippen molar-refractivity contribution in [2.24, 2.45) is 4.99 Å². The SMILES string of the molecule is O=C1C=C(N2CCOCC2)N=C(CC(=O)Cc2ccccc2OCc2cccnc2)C1. The monoisotopic (exact) mass is 419 g/mol. The summed E-state index contributed by atoms with van der Waals surface area (Å²) >= 11 is 0. The maximum absolute atomic E-state index is 12.8. The molecule has 2 aromatic rings. The summed E-state index contributed by atoms with van der Waals surface area (Å²) in [6, 6.07) is 11.3. The molecule has 0 N–H and O–H groups in total. The minimum absolute atomic E-state index is 0.00667. The Morgan fingerprint density at radius 2 is 1.94 bits per heavy atom. The summed E-state index contributed by atoms with van der Waals surface area (Å²) in [6.45, 7) is 3.02. The van der Waals surface area contributed by atoms with Crippen LogP contribution in [0.1, 0.15) is 24.0 Å². The van der Waals surface area contributed by atoms with Crippen LogP contribution < -0.4 is 4.74 Å². The molecule has 1 fully saturated rings. The molecule has 0 aliphatic carbocycles. The van der Waals surface area contributed by atoms with Crippen molar-refractivity contribution in [3.63, 3.8) is 0 Å². The third-order valence-corrected chi connectivity index (χ3v) is 5.15. The molecule has 0 atom stereocenters. The number of morpholine rings is 1. The smallest absolute Gasteiger partial charge is 0.164 e. The number of nitrogens with zero attached hydrogens (tertiary/aromatic N) is 3. The molecule has 0 amide bonds. The fourth-order valence-electron chi connectivity index (χ4n) is 3.62. The number of pyridine rings is 1. The molecule has 7 heteroatoms. The predicted molar refractivity (Wildman–Crippen MR) is 116 cm³/mol. The van der Waals surface area contributed by atoms with Crippen LogP contribution in [0.2, 0.25) is 0 Å². The third kappa shape index (κ3) is 5.86. The highest BCUT2D eigenvalue weighted by Crippen LogP contribution is 2.22. The highest BCUT2D eigenvalue weighted by Gasteiger charge is 2.22. The van der Waals surface area contributed by atoms with Crippen LogP contribution in [-0.4, -0.2) is 53.5 Å². The van der Waals surface area contributed by atoms with E-state index in [1.165, 1.54) is 0 Å². The molecule has 1 aromatic heterocycles. The standard InChI is InChI=1S/C24H25N3O4/c28-21(13-20-14-22(29)15-24(26-20)27-8-10-30-11-9-27)12-19-5-1-2-6-23(19)31-17-18-4-3-7-25-16-18/h1-7,15-16H,8-14,17H2. The largest absolute Gasteiger partial charge is 0.489 e. The molecule has 1 saturated heterocycles. The number of ketones is 2. The van der Waals surface area contributed by atoms with Crippen LogP contribution in [0, 0.1) is 0 Å². The fourth-order valence-corrected chi connectivity index (χ4v) is 3.62. The zero-order valence-corrected chi connectivity index (χ0v) is 17.3. The average molecular weight is 419 g/mol. The molecule has 0 spiro atoms. The van der Waals surface area contributed by atoms with Crippen LogP contribution in [0.15, 0.2) is 65.7 Å². The number of hydrogen-bond acceptors (Lipinski definition) is 7. The number of rotatable bonds is 8. The molecule has 1 aromatic carbocycles. The molecule has 31 heavy (non-hydrogen) atoms. The van der Waals surface area contributed by atoms with E-state index in [2.05, 4.69) is 9.98 Å². The highest BCUT2D eigenvalue weighted by atomic mass is 16.5. The summed E-state index contributed by atoms with van der Waals surface area (Å²) in [5, 5.41) is 0. The zero-order chi connectivity index (χ0) is 21.5.